The smallest absolute Gasteiger partial charge is 0.372 e. The van der Waals surface area contributed by atoms with Crippen LogP contribution in [0.1, 0.15) is 13.3 Å². The third-order valence-corrected chi connectivity index (χ3v) is 0.719. The van der Waals surface area contributed by atoms with Crippen LogP contribution in [0.5, 0.6) is 0 Å². The number of Topliss-reactive ketones (excluding diaryl/α,β-unsaturated/α-hetero) is 1. The second-order valence-electron chi connectivity index (χ2n) is 1.89. The maximum atomic E-state index is 10.2. The van der Waals surface area contributed by atoms with Crippen LogP contribution in [-0.2, 0) is 14.4 Å². The number of aliphatic hydroxyl groups excluding tert-OH is 1. The SMILES string of the molecule is CC(O)CC(=O)C(=O)O.O=CO. The van der Waals surface area contributed by atoms with Crippen molar-refractivity contribution in [2.45, 2.75) is 19.4 Å². The van der Waals surface area contributed by atoms with Crippen molar-refractivity contribution in [3.8, 4) is 0 Å². The topological polar surface area (TPSA) is 112 Å². The fourth-order valence-corrected chi connectivity index (χ4v) is 0.356. The number of ketones is 1. The molecule has 12 heavy (non-hydrogen) atoms. The van der Waals surface area contributed by atoms with E-state index in [1.165, 1.54) is 6.92 Å². The number of carbonyl (C=O) groups excluding carboxylic acids is 1. The van der Waals surface area contributed by atoms with Crippen LogP contribution >= 0.6 is 0 Å². The molecule has 0 aromatic rings. The highest BCUT2D eigenvalue weighted by atomic mass is 16.4. The van der Waals surface area contributed by atoms with Crippen LogP contribution < -0.4 is 0 Å². The van der Waals surface area contributed by atoms with Crippen LogP contribution in [0.4, 0.5) is 0 Å². The predicted octanol–water partition coefficient (Wildman–Crippen LogP) is -0.888. The fraction of sp³-hybridized carbons (Fsp3) is 0.500. The summed E-state index contributed by atoms with van der Waals surface area (Å²) in [4.78, 5) is 28.3. The molecule has 0 saturated carbocycles. The van der Waals surface area contributed by atoms with E-state index >= 15 is 0 Å². The predicted molar refractivity (Wildman–Crippen MR) is 37.6 cm³/mol. The average molecular weight is 178 g/mol. The second kappa shape index (κ2) is 7.67. The minimum atomic E-state index is -1.49. The average Bonchev–Trinajstić information content (AvgIpc) is 1.87. The van der Waals surface area contributed by atoms with Gasteiger partial charge in [0.25, 0.3) is 6.47 Å². The molecule has 0 aliphatic rings. The fourth-order valence-electron chi connectivity index (χ4n) is 0.356. The Balaban J connectivity index is 0. The third kappa shape index (κ3) is 11.4. The Kier molecular flexibility index (Phi) is 8.43. The maximum Gasteiger partial charge on any atom is 0.372 e. The zero-order valence-corrected chi connectivity index (χ0v) is 6.43. The molecule has 0 heterocycles. The van der Waals surface area contributed by atoms with E-state index in [-0.39, 0.29) is 12.9 Å². The van der Waals surface area contributed by atoms with Gasteiger partial charge in [0.2, 0.25) is 5.78 Å². The van der Waals surface area contributed by atoms with Crippen molar-refractivity contribution in [3.05, 3.63) is 0 Å². The molecule has 0 aromatic heterocycles. The Labute approximate surface area is 68.4 Å². The Hall–Kier alpha value is -1.43. The number of carboxylic acids is 1. The van der Waals surface area contributed by atoms with Gasteiger partial charge in [0.1, 0.15) is 0 Å². The normalized spacial score (nSPS) is 10.5. The van der Waals surface area contributed by atoms with Gasteiger partial charge in [0.15, 0.2) is 0 Å². The quantitative estimate of drug-likeness (QED) is 0.382. The first-order valence-corrected chi connectivity index (χ1v) is 2.97. The number of carboxylic acid groups (broad SMARTS) is 2. The molecule has 0 saturated heterocycles. The van der Waals surface area contributed by atoms with Gasteiger partial charge < -0.3 is 15.3 Å². The highest BCUT2D eigenvalue weighted by molar-refractivity contribution is 6.32. The zero-order valence-electron chi connectivity index (χ0n) is 6.43. The van der Waals surface area contributed by atoms with Crippen LogP contribution in [0.15, 0.2) is 0 Å². The van der Waals surface area contributed by atoms with Gasteiger partial charge in [-0.3, -0.25) is 9.59 Å². The number of aliphatic carboxylic acids is 1. The molecule has 1 unspecified atom stereocenters. The highest BCUT2D eigenvalue weighted by Crippen LogP contribution is 1.89. The lowest BCUT2D eigenvalue weighted by Gasteiger charge is -1.96. The van der Waals surface area contributed by atoms with Crippen molar-refractivity contribution in [2.75, 3.05) is 0 Å². The van der Waals surface area contributed by atoms with Crippen molar-refractivity contribution >= 4 is 18.2 Å². The monoisotopic (exact) mass is 178 g/mol. The lowest BCUT2D eigenvalue weighted by molar-refractivity contribution is -0.149. The van der Waals surface area contributed by atoms with Gasteiger partial charge in [-0.05, 0) is 6.92 Å². The standard InChI is InChI=1S/C5H8O4.CH2O2/c1-3(6)2-4(7)5(8)9;2-1-3/h3,6H,2H2,1H3,(H,8,9);1H,(H,2,3). The number of carbonyl (C=O) groups is 3. The zero-order chi connectivity index (χ0) is 10.1. The summed E-state index contributed by atoms with van der Waals surface area (Å²) < 4.78 is 0. The number of rotatable bonds is 3. The van der Waals surface area contributed by atoms with E-state index in [9.17, 15) is 9.59 Å². The van der Waals surface area contributed by atoms with Gasteiger partial charge in [-0.2, -0.15) is 0 Å². The van der Waals surface area contributed by atoms with E-state index in [4.69, 9.17) is 20.1 Å². The van der Waals surface area contributed by atoms with E-state index in [0.29, 0.717) is 0 Å². The maximum absolute atomic E-state index is 10.2. The first-order chi connectivity index (χ1) is 5.45. The summed E-state index contributed by atoms with van der Waals surface area (Å²) in [5.74, 6) is -2.44. The second-order valence-corrected chi connectivity index (χ2v) is 1.89. The van der Waals surface area contributed by atoms with Crippen LogP contribution in [0, 0.1) is 0 Å². The summed E-state index contributed by atoms with van der Waals surface area (Å²) in [6, 6.07) is 0. The number of aliphatic hydroxyl groups is 1. The van der Waals surface area contributed by atoms with E-state index in [1.54, 1.807) is 0 Å². The lowest BCUT2D eigenvalue weighted by atomic mass is 10.2. The lowest BCUT2D eigenvalue weighted by Crippen LogP contribution is -2.17. The molecule has 0 aromatic carbocycles. The molecule has 0 spiro atoms. The molecule has 1 atom stereocenters. The van der Waals surface area contributed by atoms with Crippen LogP contribution in [-0.4, -0.2) is 39.6 Å². The van der Waals surface area contributed by atoms with E-state index in [0.717, 1.165) is 0 Å². The molecule has 0 aliphatic carbocycles. The Morgan fingerprint density at radius 2 is 1.83 bits per heavy atom. The highest BCUT2D eigenvalue weighted by Gasteiger charge is 2.12. The van der Waals surface area contributed by atoms with Gasteiger partial charge in [0, 0.05) is 6.42 Å². The Morgan fingerprint density at radius 3 is 1.92 bits per heavy atom. The molecule has 0 radical (unpaired) electrons. The van der Waals surface area contributed by atoms with Gasteiger partial charge >= 0.3 is 5.97 Å². The Morgan fingerprint density at radius 1 is 1.50 bits per heavy atom. The van der Waals surface area contributed by atoms with Crippen molar-refractivity contribution in [3.63, 3.8) is 0 Å². The van der Waals surface area contributed by atoms with E-state index < -0.39 is 17.9 Å². The molecule has 3 N–H and O–H groups in total. The van der Waals surface area contributed by atoms with Crippen LogP contribution in [0.25, 0.3) is 0 Å². The summed E-state index contributed by atoms with van der Waals surface area (Å²) in [7, 11) is 0. The van der Waals surface area contributed by atoms with Crippen molar-refractivity contribution < 1.29 is 29.7 Å². The van der Waals surface area contributed by atoms with Crippen molar-refractivity contribution in [1.29, 1.82) is 0 Å². The van der Waals surface area contributed by atoms with Gasteiger partial charge in [0.05, 0.1) is 6.10 Å². The molecular formula is C6H10O6. The third-order valence-electron chi connectivity index (χ3n) is 0.719. The summed E-state index contributed by atoms with van der Waals surface area (Å²) in [6.45, 7) is 1.11. The van der Waals surface area contributed by atoms with Crippen LogP contribution in [0.3, 0.4) is 0 Å². The van der Waals surface area contributed by atoms with E-state index in [1.807, 2.05) is 0 Å². The molecule has 0 amide bonds. The molecule has 0 rings (SSSR count). The van der Waals surface area contributed by atoms with Crippen molar-refractivity contribution in [2.24, 2.45) is 0 Å². The van der Waals surface area contributed by atoms with Crippen LogP contribution in [0.2, 0.25) is 0 Å². The van der Waals surface area contributed by atoms with Gasteiger partial charge in [-0.1, -0.05) is 0 Å². The summed E-state index contributed by atoms with van der Waals surface area (Å²) in [5, 5.41) is 23.3. The molecule has 0 aliphatic heterocycles. The first kappa shape index (κ1) is 13.2. The number of hydrogen-bond acceptors (Lipinski definition) is 4. The van der Waals surface area contributed by atoms with Crippen molar-refractivity contribution in [1.82, 2.24) is 0 Å². The van der Waals surface area contributed by atoms with Gasteiger partial charge in [-0.15, -0.1) is 0 Å². The van der Waals surface area contributed by atoms with Gasteiger partial charge in [-0.25, -0.2) is 4.79 Å². The van der Waals surface area contributed by atoms with E-state index in [2.05, 4.69) is 0 Å². The molecule has 6 heteroatoms. The summed E-state index contributed by atoms with van der Waals surface area (Å²) >= 11 is 0. The molecule has 6 nitrogen and oxygen atoms in total. The molecule has 70 valence electrons. The minimum absolute atomic E-state index is 0.250. The molecular weight excluding hydrogens is 168 g/mol. The summed E-state index contributed by atoms with van der Waals surface area (Å²) in [5.41, 5.74) is 0. The minimum Gasteiger partial charge on any atom is -0.483 e. The largest absolute Gasteiger partial charge is 0.483 e. The molecule has 0 fully saturated rings. The summed E-state index contributed by atoms with van der Waals surface area (Å²) in [6.07, 6.45) is -1.18. The first-order valence-electron chi connectivity index (χ1n) is 2.97. The molecule has 0 bridgehead atoms. The Bertz CT molecular complexity index is 161. The number of hydrogen-bond donors (Lipinski definition) is 3.